The highest BCUT2D eigenvalue weighted by Crippen LogP contribution is 2.27. The van der Waals surface area contributed by atoms with Gasteiger partial charge in [-0.3, -0.25) is 4.98 Å². The number of nitrogens with zero attached hydrogens (tertiary/aromatic N) is 4. The van der Waals surface area contributed by atoms with Gasteiger partial charge in [-0.15, -0.1) is 0 Å². The van der Waals surface area contributed by atoms with Gasteiger partial charge in [-0.25, -0.2) is 9.50 Å². The summed E-state index contributed by atoms with van der Waals surface area (Å²) in [4.78, 5) is 9.33. The normalized spacial score (nSPS) is 11.5. The average molecular weight is 412 g/mol. The average Bonchev–Trinajstić information content (AvgIpc) is 3.07. The van der Waals surface area contributed by atoms with E-state index in [9.17, 15) is 0 Å². The van der Waals surface area contributed by atoms with Gasteiger partial charge in [0, 0.05) is 42.1 Å². The topological polar surface area (TPSA) is 75.3 Å². The Labute approximate surface area is 159 Å². The summed E-state index contributed by atoms with van der Waals surface area (Å²) in [5, 5.41) is 17.7. The molecule has 0 aliphatic rings. The lowest BCUT2D eigenvalue weighted by molar-refractivity contribution is 0.286. The molecule has 6 nitrogen and oxygen atoms in total. The van der Waals surface area contributed by atoms with Crippen molar-refractivity contribution < 1.29 is 5.11 Å². The molecule has 0 unspecified atom stereocenters. The highest BCUT2D eigenvalue weighted by Gasteiger charge is 2.12. The number of aromatic nitrogens is 4. The largest absolute Gasteiger partial charge is 0.396 e. The zero-order chi connectivity index (χ0) is 17.9. The summed E-state index contributed by atoms with van der Waals surface area (Å²) in [6.07, 6.45) is 6.33. The molecule has 0 radical (unpaired) electrons. The first-order valence-electron chi connectivity index (χ1n) is 8.46. The SMILES string of the molecule is OCCCNCc1nc2c(-c3cnc4ccccc4c3)cnn2cc1Br. The summed E-state index contributed by atoms with van der Waals surface area (Å²) in [5.74, 6) is 0. The monoisotopic (exact) mass is 411 g/mol. The van der Waals surface area contributed by atoms with Crippen LogP contribution in [0.3, 0.4) is 0 Å². The minimum Gasteiger partial charge on any atom is -0.396 e. The van der Waals surface area contributed by atoms with Crippen molar-refractivity contribution in [2.24, 2.45) is 0 Å². The molecule has 26 heavy (non-hydrogen) atoms. The summed E-state index contributed by atoms with van der Waals surface area (Å²) in [5.41, 5.74) is 4.62. The van der Waals surface area contributed by atoms with Crippen molar-refractivity contribution in [3.05, 3.63) is 59.1 Å². The van der Waals surface area contributed by atoms with Gasteiger partial charge in [0.2, 0.25) is 0 Å². The third-order valence-corrected chi connectivity index (χ3v) is 4.89. The summed E-state index contributed by atoms with van der Waals surface area (Å²) < 4.78 is 2.67. The third-order valence-electron chi connectivity index (χ3n) is 4.23. The molecule has 0 saturated heterocycles. The highest BCUT2D eigenvalue weighted by molar-refractivity contribution is 9.10. The smallest absolute Gasteiger partial charge is 0.163 e. The van der Waals surface area contributed by atoms with Gasteiger partial charge in [0.15, 0.2) is 5.65 Å². The van der Waals surface area contributed by atoms with E-state index in [0.717, 1.165) is 50.8 Å². The van der Waals surface area contributed by atoms with E-state index in [0.29, 0.717) is 6.54 Å². The van der Waals surface area contributed by atoms with Crippen molar-refractivity contribution in [3.63, 3.8) is 0 Å². The van der Waals surface area contributed by atoms with Gasteiger partial charge < -0.3 is 10.4 Å². The van der Waals surface area contributed by atoms with Gasteiger partial charge in [0.05, 0.1) is 21.9 Å². The molecular weight excluding hydrogens is 394 g/mol. The molecule has 3 aromatic heterocycles. The van der Waals surface area contributed by atoms with E-state index in [2.05, 4.69) is 43.5 Å². The molecule has 7 heteroatoms. The quantitative estimate of drug-likeness (QED) is 0.476. The van der Waals surface area contributed by atoms with E-state index in [1.807, 2.05) is 36.8 Å². The maximum absolute atomic E-state index is 8.89. The van der Waals surface area contributed by atoms with Crippen molar-refractivity contribution in [2.75, 3.05) is 13.2 Å². The lowest BCUT2D eigenvalue weighted by Gasteiger charge is -2.07. The number of rotatable bonds is 6. The van der Waals surface area contributed by atoms with Gasteiger partial charge in [-0.2, -0.15) is 5.10 Å². The van der Waals surface area contributed by atoms with Gasteiger partial charge in [-0.05, 0) is 41.0 Å². The van der Waals surface area contributed by atoms with Crippen LogP contribution < -0.4 is 5.32 Å². The number of para-hydroxylation sites is 1. The Hall–Kier alpha value is -2.35. The molecule has 0 fully saturated rings. The van der Waals surface area contributed by atoms with Crippen molar-refractivity contribution in [2.45, 2.75) is 13.0 Å². The maximum Gasteiger partial charge on any atom is 0.163 e. The lowest BCUT2D eigenvalue weighted by Crippen LogP contribution is -2.17. The Kier molecular flexibility index (Phi) is 4.92. The van der Waals surface area contributed by atoms with Crippen LogP contribution in [-0.4, -0.2) is 37.8 Å². The van der Waals surface area contributed by atoms with Crippen LogP contribution in [0.1, 0.15) is 12.1 Å². The molecule has 0 aliphatic heterocycles. The molecule has 0 aliphatic carbocycles. The van der Waals surface area contributed by atoms with E-state index >= 15 is 0 Å². The Balaban J connectivity index is 1.72. The van der Waals surface area contributed by atoms with Crippen LogP contribution in [0.4, 0.5) is 0 Å². The fraction of sp³-hybridized carbons (Fsp3) is 0.211. The second-order valence-corrected chi connectivity index (χ2v) is 6.89. The van der Waals surface area contributed by atoms with Crippen LogP contribution in [0.5, 0.6) is 0 Å². The van der Waals surface area contributed by atoms with Crippen molar-refractivity contribution >= 4 is 32.5 Å². The zero-order valence-corrected chi connectivity index (χ0v) is 15.6. The van der Waals surface area contributed by atoms with E-state index in [-0.39, 0.29) is 6.61 Å². The molecule has 1 aromatic carbocycles. The molecule has 2 N–H and O–H groups in total. The van der Waals surface area contributed by atoms with Crippen LogP contribution in [0.2, 0.25) is 0 Å². The second-order valence-electron chi connectivity index (χ2n) is 6.03. The Morgan fingerprint density at radius 2 is 2.08 bits per heavy atom. The van der Waals surface area contributed by atoms with Crippen LogP contribution in [0, 0.1) is 0 Å². The Bertz CT molecular complexity index is 1060. The van der Waals surface area contributed by atoms with E-state index < -0.39 is 0 Å². The molecule has 0 spiro atoms. The fourth-order valence-corrected chi connectivity index (χ4v) is 3.30. The van der Waals surface area contributed by atoms with Gasteiger partial charge in [0.25, 0.3) is 0 Å². The molecule has 4 aromatic rings. The highest BCUT2D eigenvalue weighted by atomic mass is 79.9. The third kappa shape index (κ3) is 3.33. The summed E-state index contributed by atoms with van der Waals surface area (Å²) in [7, 11) is 0. The minimum absolute atomic E-state index is 0.183. The van der Waals surface area contributed by atoms with Crippen LogP contribution in [0.15, 0.2) is 53.4 Å². The number of fused-ring (bicyclic) bond motifs is 2. The van der Waals surface area contributed by atoms with Crippen molar-refractivity contribution in [1.82, 2.24) is 24.9 Å². The predicted molar refractivity (Wildman–Crippen MR) is 105 cm³/mol. The van der Waals surface area contributed by atoms with E-state index in [1.165, 1.54) is 0 Å². The molecule has 0 saturated carbocycles. The zero-order valence-electron chi connectivity index (χ0n) is 14.1. The van der Waals surface area contributed by atoms with E-state index in [4.69, 9.17) is 10.1 Å². The number of pyridine rings is 1. The summed E-state index contributed by atoms with van der Waals surface area (Å²) in [6, 6.07) is 10.2. The van der Waals surface area contributed by atoms with E-state index in [1.54, 1.807) is 4.52 Å². The second kappa shape index (κ2) is 7.49. The number of aliphatic hydroxyl groups excluding tert-OH is 1. The van der Waals surface area contributed by atoms with Gasteiger partial charge in [-0.1, -0.05) is 18.2 Å². The van der Waals surface area contributed by atoms with Crippen LogP contribution in [0.25, 0.3) is 27.7 Å². The molecule has 4 rings (SSSR count). The number of nitrogens with one attached hydrogen (secondary N) is 1. The number of aliphatic hydroxyl groups is 1. The first-order chi connectivity index (χ1) is 12.8. The van der Waals surface area contributed by atoms with Crippen molar-refractivity contribution in [1.29, 1.82) is 0 Å². The molecular formula is C19H18BrN5O. The number of hydrogen-bond donors (Lipinski definition) is 2. The maximum atomic E-state index is 8.89. The number of benzene rings is 1. The fourth-order valence-electron chi connectivity index (χ4n) is 2.88. The molecule has 0 amide bonds. The number of halogens is 1. The Morgan fingerprint density at radius 1 is 1.19 bits per heavy atom. The lowest BCUT2D eigenvalue weighted by atomic mass is 10.1. The first kappa shape index (κ1) is 17.1. The van der Waals surface area contributed by atoms with Crippen LogP contribution >= 0.6 is 15.9 Å². The predicted octanol–water partition coefficient (Wildman–Crippen LogP) is 3.18. The van der Waals surface area contributed by atoms with Gasteiger partial charge in [0.1, 0.15) is 0 Å². The molecule has 0 atom stereocenters. The summed E-state index contributed by atoms with van der Waals surface area (Å²) >= 11 is 3.56. The molecule has 0 bridgehead atoms. The molecule has 132 valence electrons. The van der Waals surface area contributed by atoms with Crippen LogP contribution in [-0.2, 0) is 6.54 Å². The molecule has 3 heterocycles. The summed E-state index contributed by atoms with van der Waals surface area (Å²) in [6.45, 7) is 1.55. The standard InChI is InChI=1S/C19H18BrN5O/c20-16-12-25-19(24-18(16)11-21-6-3-7-26)15(10-23-25)14-8-13-4-1-2-5-17(13)22-9-14/h1-2,4-5,8-10,12,21,26H,3,6-7,11H2. The number of hydrogen-bond acceptors (Lipinski definition) is 5. The first-order valence-corrected chi connectivity index (χ1v) is 9.25. The van der Waals surface area contributed by atoms with Gasteiger partial charge >= 0.3 is 0 Å². The Morgan fingerprint density at radius 3 is 2.96 bits per heavy atom. The minimum atomic E-state index is 0.183. The van der Waals surface area contributed by atoms with Crippen molar-refractivity contribution in [3.8, 4) is 11.1 Å².